The number of para-hydroxylation sites is 1. The molecule has 10 heteroatoms. The third-order valence-corrected chi connectivity index (χ3v) is 3.72. The number of anilines is 1. The second kappa shape index (κ2) is 6.04. The van der Waals surface area contributed by atoms with Crippen LogP contribution in [-0.4, -0.2) is 8.32 Å². The van der Waals surface area contributed by atoms with Gasteiger partial charge in [0, 0.05) is 5.69 Å². The Morgan fingerprint density at radius 2 is 1.31 bits per heavy atom. The van der Waals surface area contributed by atoms with Crippen LogP contribution in [0.5, 0.6) is 0 Å². The molecule has 0 fully saturated rings. The maximum absolute atomic E-state index is 9.53. The molecular formula is C6H9Cr2NO7. The molecule has 8 nitrogen and oxygen atoms in total. The van der Waals surface area contributed by atoms with Gasteiger partial charge in [0.2, 0.25) is 0 Å². The average Bonchev–Trinajstić information content (AvgIpc) is 1.99. The van der Waals surface area contributed by atoms with Gasteiger partial charge in [-0.3, -0.25) is 0 Å². The minimum atomic E-state index is -5.76. The maximum atomic E-state index is 9.53. The van der Waals surface area contributed by atoms with E-state index in [1.807, 2.05) is 30.3 Å². The summed E-state index contributed by atoms with van der Waals surface area (Å²) < 4.78 is 56.3. The number of nitrogens with two attached hydrogens (primary N) is 1. The summed E-state index contributed by atoms with van der Waals surface area (Å²) in [6.45, 7) is 0. The van der Waals surface area contributed by atoms with Gasteiger partial charge in [-0.1, -0.05) is 18.2 Å². The van der Waals surface area contributed by atoms with Crippen molar-refractivity contribution in [2.75, 3.05) is 5.73 Å². The van der Waals surface area contributed by atoms with Gasteiger partial charge in [0.25, 0.3) is 0 Å². The van der Waals surface area contributed by atoms with Gasteiger partial charge in [-0.25, -0.2) is 0 Å². The monoisotopic (exact) mass is 311 g/mol. The first kappa shape index (κ1) is 15.2. The zero-order chi connectivity index (χ0) is 12.8. The average molecular weight is 311 g/mol. The molecule has 0 atom stereocenters. The summed E-state index contributed by atoms with van der Waals surface area (Å²) in [6.07, 6.45) is 0. The van der Waals surface area contributed by atoms with Gasteiger partial charge in [-0.2, -0.15) is 0 Å². The van der Waals surface area contributed by atoms with Crippen molar-refractivity contribution in [2.24, 2.45) is 0 Å². The molecule has 0 unspecified atom stereocenters. The van der Waals surface area contributed by atoms with Crippen LogP contribution in [0, 0.1) is 0 Å². The molecule has 1 rings (SSSR count). The van der Waals surface area contributed by atoms with Gasteiger partial charge in [0.15, 0.2) is 0 Å². The first-order valence-electron chi connectivity index (χ1n) is 3.56. The Hall–Kier alpha value is -0.835. The molecule has 0 aliphatic heterocycles. The fraction of sp³-hybridized carbons (Fsp3) is 0. The van der Waals surface area contributed by atoms with E-state index in [1.165, 1.54) is 0 Å². The quantitative estimate of drug-likeness (QED) is 0.626. The topological polar surface area (TPSA) is 144 Å². The molecule has 16 heavy (non-hydrogen) atoms. The van der Waals surface area contributed by atoms with E-state index in [0.717, 1.165) is 5.69 Å². The third kappa shape index (κ3) is 11.2. The van der Waals surface area contributed by atoms with E-state index in [4.69, 9.17) is 14.1 Å². The van der Waals surface area contributed by atoms with Crippen LogP contribution < -0.4 is 5.73 Å². The standard InChI is InChI=1S/C6H7N.2Cr.2H2O.5O/c7-6-4-2-1-3-5-6;;;;;;;;;/h1-5H,7H2;;;2*1H2;;;;;/q;2*+1;;;;;;;/p-2. The SMILES string of the molecule is Nc1ccccc1.[O]=[Cr](=[O])([OH])[O][Cr](=[O])(=[O])[OH]. The molecule has 1 aromatic rings. The summed E-state index contributed by atoms with van der Waals surface area (Å²) in [5.74, 6) is 0. The fourth-order valence-electron chi connectivity index (χ4n) is 0.562. The summed E-state index contributed by atoms with van der Waals surface area (Å²) in [6, 6.07) is 9.49. The molecule has 0 radical (unpaired) electrons. The Balaban J connectivity index is 0.000000288. The molecule has 4 N–H and O–H groups in total. The number of hydrogen-bond acceptors (Lipinski definition) is 6. The van der Waals surface area contributed by atoms with Gasteiger partial charge in [-0.05, 0) is 12.1 Å². The second-order valence-corrected chi connectivity index (χ2v) is 6.09. The van der Waals surface area contributed by atoms with Crippen molar-refractivity contribution < 1.29 is 53.6 Å². The van der Waals surface area contributed by atoms with Crippen LogP contribution in [0.15, 0.2) is 30.3 Å². The molecule has 0 bridgehead atoms. The summed E-state index contributed by atoms with van der Waals surface area (Å²) >= 11 is -11.5. The Labute approximate surface area is 95.4 Å². The summed E-state index contributed by atoms with van der Waals surface area (Å²) in [4.78, 5) is 0. The van der Waals surface area contributed by atoms with Crippen molar-refractivity contribution in [1.29, 1.82) is 0 Å². The number of nitrogen functional groups attached to an aromatic ring is 1. The molecule has 0 spiro atoms. The normalized spacial score (nSPS) is 11.4. The Morgan fingerprint density at radius 1 is 0.938 bits per heavy atom. The van der Waals surface area contributed by atoms with Gasteiger partial charge < -0.3 is 5.73 Å². The van der Waals surface area contributed by atoms with Crippen LogP contribution in [0.25, 0.3) is 0 Å². The van der Waals surface area contributed by atoms with Crippen molar-refractivity contribution >= 4 is 5.69 Å². The van der Waals surface area contributed by atoms with E-state index < -0.39 is 27.2 Å². The Kier molecular flexibility index (Phi) is 5.72. The zero-order valence-corrected chi connectivity index (χ0v) is 10.3. The van der Waals surface area contributed by atoms with Crippen LogP contribution in [0.2, 0.25) is 0 Å². The van der Waals surface area contributed by atoms with Crippen molar-refractivity contribution in [3.8, 4) is 0 Å². The Bertz CT molecular complexity index is 477. The van der Waals surface area contributed by atoms with Crippen LogP contribution in [-0.2, 0) is 45.3 Å². The molecule has 0 amide bonds. The Morgan fingerprint density at radius 3 is 1.44 bits per heavy atom. The van der Waals surface area contributed by atoms with Gasteiger partial charge in [-0.15, -0.1) is 0 Å². The predicted octanol–water partition coefficient (Wildman–Crippen LogP) is -0.394. The van der Waals surface area contributed by atoms with E-state index in [0.29, 0.717) is 0 Å². The van der Waals surface area contributed by atoms with Gasteiger partial charge in [0.1, 0.15) is 0 Å². The number of rotatable bonds is 2. The van der Waals surface area contributed by atoms with E-state index in [-0.39, 0.29) is 0 Å². The van der Waals surface area contributed by atoms with Crippen molar-refractivity contribution in [3.63, 3.8) is 0 Å². The molecule has 92 valence electrons. The molecule has 0 saturated heterocycles. The first-order chi connectivity index (χ1) is 7.10. The molecule has 1 aromatic carbocycles. The molecule has 0 heterocycles. The fourth-order valence-corrected chi connectivity index (χ4v) is 2.30. The summed E-state index contributed by atoms with van der Waals surface area (Å²) in [7, 11) is 0. The minimum absolute atomic E-state index is 0.822. The van der Waals surface area contributed by atoms with Crippen LogP contribution >= 0.6 is 0 Å². The van der Waals surface area contributed by atoms with Gasteiger partial charge >= 0.3 is 53.6 Å². The van der Waals surface area contributed by atoms with Gasteiger partial charge in [0.05, 0.1) is 0 Å². The molecule has 0 aliphatic carbocycles. The first-order valence-corrected chi connectivity index (χ1v) is 7.83. The van der Waals surface area contributed by atoms with Crippen molar-refractivity contribution in [2.45, 2.75) is 0 Å². The molecule has 0 aromatic heterocycles. The van der Waals surface area contributed by atoms with Crippen molar-refractivity contribution in [1.82, 2.24) is 0 Å². The second-order valence-electron chi connectivity index (χ2n) is 2.33. The summed E-state index contributed by atoms with van der Waals surface area (Å²) in [5.41, 5.74) is 6.18. The van der Waals surface area contributed by atoms with Crippen LogP contribution in [0.1, 0.15) is 0 Å². The van der Waals surface area contributed by atoms with E-state index in [9.17, 15) is 15.2 Å². The number of hydrogen-bond donors (Lipinski definition) is 3. The zero-order valence-electron chi connectivity index (χ0n) is 7.72. The van der Waals surface area contributed by atoms with E-state index in [2.05, 4.69) is 2.84 Å². The third-order valence-electron chi connectivity index (χ3n) is 0.972. The van der Waals surface area contributed by atoms with Crippen molar-refractivity contribution in [3.05, 3.63) is 30.3 Å². The van der Waals surface area contributed by atoms with E-state index >= 15 is 0 Å². The summed E-state index contributed by atoms with van der Waals surface area (Å²) in [5, 5.41) is 0. The van der Waals surface area contributed by atoms with Crippen LogP contribution in [0.4, 0.5) is 5.69 Å². The van der Waals surface area contributed by atoms with E-state index in [1.54, 1.807) is 0 Å². The number of benzene rings is 1. The molecular weight excluding hydrogens is 302 g/mol. The predicted molar refractivity (Wildman–Crippen MR) is 39.1 cm³/mol. The molecule has 0 aliphatic rings. The van der Waals surface area contributed by atoms with Crippen LogP contribution in [0.3, 0.4) is 0 Å². The molecule has 0 saturated carbocycles.